The highest BCUT2D eigenvalue weighted by atomic mass is 32.2. The van der Waals surface area contributed by atoms with E-state index in [0.29, 0.717) is 23.5 Å². The summed E-state index contributed by atoms with van der Waals surface area (Å²) in [5, 5.41) is 11.5. The molecule has 4 nitrogen and oxygen atoms in total. The lowest BCUT2D eigenvalue weighted by molar-refractivity contribution is -0.117. The second-order valence-electron chi connectivity index (χ2n) is 5.25. The first-order chi connectivity index (χ1) is 11.6. The summed E-state index contributed by atoms with van der Waals surface area (Å²) in [6.45, 7) is 0.497. The molecule has 2 aromatic rings. The first-order valence-corrected chi connectivity index (χ1v) is 8.39. The zero-order valence-corrected chi connectivity index (χ0v) is 14.1. The van der Waals surface area contributed by atoms with Gasteiger partial charge in [-0.1, -0.05) is 30.3 Å². The average molecular weight is 343 g/mol. The molecule has 24 heavy (non-hydrogen) atoms. The van der Waals surface area contributed by atoms with E-state index < -0.39 is 0 Å². The SMILES string of the molecule is CN(CC(=O)Nc1ccccc1SCC#N)Cc1ccccc1F. The van der Waals surface area contributed by atoms with E-state index in [-0.39, 0.29) is 18.3 Å². The highest BCUT2D eigenvalue weighted by Crippen LogP contribution is 2.26. The molecule has 0 aliphatic heterocycles. The van der Waals surface area contributed by atoms with E-state index in [0.717, 1.165) is 4.90 Å². The number of nitrogens with zero attached hydrogens (tertiary/aromatic N) is 2. The van der Waals surface area contributed by atoms with Crippen LogP contribution in [-0.4, -0.2) is 30.2 Å². The number of nitrogens with one attached hydrogen (secondary N) is 1. The third-order valence-electron chi connectivity index (χ3n) is 3.26. The summed E-state index contributed by atoms with van der Waals surface area (Å²) in [6.07, 6.45) is 0. The smallest absolute Gasteiger partial charge is 0.238 e. The summed E-state index contributed by atoms with van der Waals surface area (Å²) in [6, 6.07) is 15.9. The molecule has 0 aromatic heterocycles. The van der Waals surface area contributed by atoms with Gasteiger partial charge in [0.1, 0.15) is 5.82 Å². The third kappa shape index (κ3) is 5.37. The minimum atomic E-state index is -0.275. The highest BCUT2D eigenvalue weighted by Gasteiger charge is 2.11. The van der Waals surface area contributed by atoms with Gasteiger partial charge in [-0.25, -0.2) is 4.39 Å². The summed E-state index contributed by atoms with van der Waals surface area (Å²) in [5.74, 6) is -0.137. The van der Waals surface area contributed by atoms with E-state index in [4.69, 9.17) is 5.26 Å². The van der Waals surface area contributed by atoms with Crippen molar-refractivity contribution >= 4 is 23.4 Å². The predicted molar refractivity (Wildman–Crippen MR) is 94.1 cm³/mol. The molecule has 0 aliphatic rings. The summed E-state index contributed by atoms with van der Waals surface area (Å²) in [7, 11) is 1.77. The van der Waals surface area contributed by atoms with Crippen LogP contribution in [0, 0.1) is 17.1 Å². The maximum atomic E-state index is 13.6. The number of amides is 1. The van der Waals surface area contributed by atoms with Gasteiger partial charge in [0.25, 0.3) is 0 Å². The van der Waals surface area contributed by atoms with E-state index in [1.165, 1.54) is 17.8 Å². The number of nitriles is 1. The molecule has 0 fully saturated rings. The lowest BCUT2D eigenvalue weighted by Gasteiger charge is -2.17. The maximum Gasteiger partial charge on any atom is 0.238 e. The van der Waals surface area contributed by atoms with Crippen molar-refractivity contribution in [2.24, 2.45) is 0 Å². The molecular formula is C18H18FN3OS. The predicted octanol–water partition coefficient (Wildman–Crippen LogP) is 3.51. The fourth-order valence-corrected chi connectivity index (χ4v) is 2.88. The molecule has 1 N–H and O–H groups in total. The van der Waals surface area contributed by atoms with E-state index in [1.807, 2.05) is 18.2 Å². The number of rotatable bonds is 7. The van der Waals surface area contributed by atoms with Crippen LogP contribution in [-0.2, 0) is 11.3 Å². The Morgan fingerprint density at radius 1 is 1.25 bits per heavy atom. The lowest BCUT2D eigenvalue weighted by atomic mass is 10.2. The van der Waals surface area contributed by atoms with Crippen molar-refractivity contribution in [3.8, 4) is 6.07 Å². The third-order valence-corrected chi connectivity index (χ3v) is 4.21. The molecule has 1 amide bonds. The van der Waals surface area contributed by atoms with Gasteiger partial charge in [-0.3, -0.25) is 9.69 Å². The number of para-hydroxylation sites is 1. The molecule has 0 aliphatic carbocycles. The molecule has 2 aromatic carbocycles. The molecule has 124 valence electrons. The number of hydrogen-bond acceptors (Lipinski definition) is 4. The lowest BCUT2D eigenvalue weighted by Crippen LogP contribution is -2.30. The Labute approximate surface area is 145 Å². The molecule has 0 radical (unpaired) electrons. The molecule has 0 bridgehead atoms. The van der Waals surface area contributed by atoms with Crippen molar-refractivity contribution in [3.05, 3.63) is 59.9 Å². The maximum absolute atomic E-state index is 13.6. The summed E-state index contributed by atoms with van der Waals surface area (Å²) in [4.78, 5) is 14.8. The zero-order chi connectivity index (χ0) is 17.4. The number of benzene rings is 2. The fraction of sp³-hybridized carbons (Fsp3) is 0.222. The Morgan fingerprint density at radius 3 is 2.71 bits per heavy atom. The minimum absolute atomic E-state index is 0.144. The van der Waals surface area contributed by atoms with Gasteiger partial charge in [0.05, 0.1) is 24.1 Å². The molecular weight excluding hydrogens is 325 g/mol. The summed E-state index contributed by atoms with van der Waals surface area (Å²) in [5.41, 5.74) is 1.24. The van der Waals surface area contributed by atoms with Crippen LogP contribution in [0.2, 0.25) is 0 Å². The first kappa shape index (κ1) is 18.0. The van der Waals surface area contributed by atoms with Crippen molar-refractivity contribution in [1.29, 1.82) is 5.26 Å². The van der Waals surface area contributed by atoms with Crippen LogP contribution in [0.5, 0.6) is 0 Å². The van der Waals surface area contributed by atoms with Gasteiger partial charge >= 0.3 is 0 Å². The van der Waals surface area contributed by atoms with Gasteiger partial charge in [-0.05, 0) is 25.2 Å². The van der Waals surface area contributed by atoms with Crippen molar-refractivity contribution in [1.82, 2.24) is 4.90 Å². The average Bonchev–Trinajstić information content (AvgIpc) is 2.56. The van der Waals surface area contributed by atoms with Crippen LogP contribution in [0.15, 0.2) is 53.4 Å². The van der Waals surface area contributed by atoms with Gasteiger partial charge in [0.2, 0.25) is 5.91 Å². The Bertz CT molecular complexity index is 745. The Kier molecular flexibility index (Phi) is 6.79. The largest absolute Gasteiger partial charge is 0.324 e. The van der Waals surface area contributed by atoms with Gasteiger partial charge in [0, 0.05) is 17.0 Å². The van der Waals surface area contributed by atoms with Crippen molar-refractivity contribution in [3.63, 3.8) is 0 Å². The minimum Gasteiger partial charge on any atom is -0.324 e. The van der Waals surface area contributed by atoms with Crippen LogP contribution < -0.4 is 5.32 Å². The van der Waals surface area contributed by atoms with E-state index >= 15 is 0 Å². The fourth-order valence-electron chi connectivity index (χ4n) is 2.21. The number of likely N-dealkylation sites (N-methyl/N-ethyl adjacent to an activating group) is 1. The van der Waals surface area contributed by atoms with Crippen LogP contribution in [0.1, 0.15) is 5.56 Å². The molecule has 2 rings (SSSR count). The molecule has 0 atom stereocenters. The van der Waals surface area contributed by atoms with E-state index in [2.05, 4.69) is 11.4 Å². The molecule has 0 saturated carbocycles. The van der Waals surface area contributed by atoms with Crippen molar-refractivity contribution < 1.29 is 9.18 Å². The molecule has 0 saturated heterocycles. The Hall–Kier alpha value is -2.36. The van der Waals surface area contributed by atoms with Crippen LogP contribution in [0.25, 0.3) is 0 Å². The standard InChI is InChI=1S/C18H18FN3OS/c1-22(12-14-6-2-3-7-15(14)19)13-18(23)21-16-8-4-5-9-17(16)24-11-10-20/h2-9H,11-13H2,1H3,(H,21,23). The molecule has 0 heterocycles. The molecule has 0 unspecified atom stereocenters. The van der Waals surface area contributed by atoms with Crippen molar-refractivity contribution in [2.75, 3.05) is 24.7 Å². The zero-order valence-electron chi connectivity index (χ0n) is 13.3. The normalized spacial score (nSPS) is 10.4. The number of hydrogen-bond donors (Lipinski definition) is 1. The summed E-state index contributed by atoms with van der Waals surface area (Å²) < 4.78 is 13.6. The number of halogens is 1. The van der Waals surface area contributed by atoms with Gasteiger partial charge in [0.15, 0.2) is 0 Å². The number of carbonyl (C=O) groups is 1. The number of carbonyl (C=O) groups excluding carboxylic acids is 1. The second-order valence-corrected chi connectivity index (χ2v) is 6.27. The van der Waals surface area contributed by atoms with E-state index in [1.54, 1.807) is 36.2 Å². The van der Waals surface area contributed by atoms with Gasteiger partial charge in [-0.15, -0.1) is 11.8 Å². The highest BCUT2D eigenvalue weighted by molar-refractivity contribution is 7.99. The number of anilines is 1. The topological polar surface area (TPSA) is 56.1 Å². The first-order valence-electron chi connectivity index (χ1n) is 7.40. The van der Waals surface area contributed by atoms with E-state index in [9.17, 15) is 9.18 Å². The van der Waals surface area contributed by atoms with Gasteiger partial charge in [-0.2, -0.15) is 5.26 Å². The second kappa shape index (κ2) is 9.06. The van der Waals surface area contributed by atoms with Crippen LogP contribution in [0.3, 0.4) is 0 Å². The summed E-state index contributed by atoms with van der Waals surface area (Å²) >= 11 is 1.37. The van der Waals surface area contributed by atoms with Gasteiger partial charge < -0.3 is 5.32 Å². The molecule has 0 spiro atoms. The molecule has 6 heteroatoms. The monoisotopic (exact) mass is 343 g/mol. The van der Waals surface area contributed by atoms with Crippen LogP contribution >= 0.6 is 11.8 Å². The quantitative estimate of drug-likeness (QED) is 0.782. The van der Waals surface area contributed by atoms with Crippen molar-refractivity contribution in [2.45, 2.75) is 11.4 Å². The van der Waals surface area contributed by atoms with Crippen LogP contribution in [0.4, 0.5) is 10.1 Å². The Morgan fingerprint density at radius 2 is 1.96 bits per heavy atom. The Balaban J connectivity index is 1.94. The number of thioether (sulfide) groups is 1.